The Hall–Kier alpha value is -5.74. The Morgan fingerprint density at radius 3 is 2.20 bits per heavy atom. The highest BCUT2D eigenvalue weighted by Crippen LogP contribution is 2.47. The quantitative estimate of drug-likeness (QED) is 0.210. The fourth-order valence-corrected chi connectivity index (χ4v) is 7.30. The molecule has 206 valence electrons. The van der Waals surface area contributed by atoms with Crippen LogP contribution >= 0.6 is 0 Å². The molecule has 4 nitrogen and oxygen atoms in total. The molecule has 0 fully saturated rings. The Kier molecular flexibility index (Phi) is 4.80. The summed E-state index contributed by atoms with van der Waals surface area (Å²) in [5.74, 6) is 1.70. The lowest BCUT2D eigenvalue weighted by atomic mass is 9.91. The van der Waals surface area contributed by atoms with Crippen LogP contribution in [0, 0.1) is 0 Å². The molecule has 0 bridgehead atoms. The van der Waals surface area contributed by atoms with E-state index in [4.69, 9.17) is 14.4 Å². The van der Waals surface area contributed by atoms with Crippen molar-refractivity contribution in [3.05, 3.63) is 139 Å². The zero-order valence-electron chi connectivity index (χ0n) is 23.8. The second-order valence-corrected chi connectivity index (χ2v) is 11.7. The Balaban J connectivity index is 1.31. The van der Waals surface area contributed by atoms with Crippen molar-refractivity contribution in [1.82, 2.24) is 14.5 Å². The van der Waals surface area contributed by atoms with Crippen molar-refractivity contribution in [2.75, 3.05) is 0 Å². The number of hydrogen-bond acceptors (Lipinski definition) is 3. The molecule has 3 aromatic heterocycles. The van der Waals surface area contributed by atoms with Gasteiger partial charge in [-0.1, -0.05) is 103 Å². The van der Waals surface area contributed by atoms with Crippen LogP contribution in [0.4, 0.5) is 0 Å². The first kappa shape index (κ1) is 23.8. The summed E-state index contributed by atoms with van der Waals surface area (Å²) < 4.78 is 8.98. The second-order valence-electron chi connectivity index (χ2n) is 11.7. The predicted octanol–water partition coefficient (Wildman–Crippen LogP) is 10.1. The van der Waals surface area contributed by atoms with Crippen molar-refractivity contribution in [1.29, 1.82) is 0 Å². The molecule has 6 aromatic carbocycles. The van der Waals surface area contributed by atoms with Crippen LogP contribution < -0.4 is 0 Å². The second kappa shape index (κ2) is 8.88. The molecule has 0 unspecified atom stereocenters. The van der Waals surface area contributed by atoms with E-state index >= 15 is 0 Å². The molecular formula is C40H25N3O. The number of aryl methyl sites for hydroxylation is 2. The van der Waals surface area contributed by atoms with Gasteiger partial charge in [0.1, 0.15) is 11.3 Å². The van der Waals surface area contributed by atoms with E-state index in [9.17, 15) is 0 Å². The number of hydrogen-bond donors (Lipinski definition) is 0. The van der Waals surface area contributed by atoms with Gasteiger partial charge in [0.15, 0.2) is 0 Å². The maximum absolute atomic E-state index is 6.70. The molecule has 0 saturated heterocycles. The van der Waals surface area contributed by atoms with E-state index in [0.29, 0.717) is 5.95 Å². The van der Waals surface area contributed by atoms with E-state index in [1.165, 1.54) is 27.1 Å². The molecule has 0 N–H and O–H groups in total. The number of rotatable bonds is 2. The maximum Gasteiger partial charge on any atom is 0.235 e. The van der Waals surface area contributed by atoms with E-state index < -0.39 is 0 Å². The summed E-state index contributed by atoms with van der Waals surface area (Å²) in [4.78, 5) is 10.6. The highest BCUT2D eigenvalue weighted by molar-refractivity contribution is 6.12. The highest BCUT2D eigenvalue weighted by atomic mass is 16.3. The van der Waals surface area contributed by atoms with Crippen LogP contribution in [0.1, 0.15) is 11.3 Å². The summed E-state index contributed by atoms with van der Waals surface area (Å²) in [5, 5.41) is 8.16. The van der Waals surface area contributed by atoms with Gasteiger partial charge in [0.25, 0.3) is 0 Å². The first-order valence-corrected chi connectivity index (χ1v) is 15.1. The van der Waals surface area contributed by atoms with Crippen LogP contribution in [0.15, 0.2) is 132 Å². The first-order valence-electron chi connectivity index (χ1n) is 15.1. The number of aromatic nitrogens is 3. The zero-order chi connectivity index (χ0) is 28.8. The largest absolute Gasteiger partial charge is 0.460 e. The molecule has 0 atom stereocenters. The van der Waals surface area contributed by atoms with Gasteiger partial charge in [-0.2, -0.15) is 0 Å². The summed E-state index contributed by atoms with van der Waals surface area (Å²) in [6.07, 6.45) is 1.76. The van der Waals surface area contributed by atoms with Crippen LogP contribution in [-0.2, 0) is 12.8 Å². The van der Waals surface area contributed by atoms with Crippen molar-refractivity contribution >= 4 is 54.3 Å². The fraction of sp³-hybridized carbons (Fsp3) is 0.0500. The van der Waals surface area contributed by atoms with Gasteiger partial charge in [-0.05, 0) is 52.4 Å². The number of furan rings is 1. The average molecular weight is 564 g/mol. The Morgan fingerprint density at radius 2 is 1.30 bits per heavy atom. The molecule has 1 aliphatic carbocycles. The van der Waals surface area contributed by atoms with Crippen molar-refractivity contribution in [3.8, 4) is 28.5 Å². The molecule has 0 saturated carbocycles. The molecule has 1 aliphatic rings. The summed E-state index contributed by atoms with van der Waals surface area (Å²) in [6.45, 7) is 0. The lowest BCUT2D eigenvalue weighted by Gasteiger charge is -2.17. The van der Waals surface area contributed by atoms with Gasteiger partial charge in [0.2, 0.25) is 5.95 Å². The molecular weight excluding hydrogens is 538 g/mol. The molecule has 3 heterocycles. The van der Waals surface area contributed by atoms with E-state index in [-0.39, 0.29) is 0 Å². The minimum atomic E-state index is 0.673. The molecule has 44 heavy (non-hydrogen) atoms. The number of fused-ring (bicyclic) bond motifs is 11. The summed E-state index contributed by atoms with van der Waals surface area (Å²) in [5.41, 5.74) is 8.62. The number of nitrogens with zero attached hydrogens (tertiary/aromatic N) is 3. The molecule has 4 heteroatoms. The van der Waals surface area contributed by atoms with Gasteiger partial charge in [-0.25, -0.2) is 9.97 Å². The third kappa shape index (κ3) is 3.28. The minimum Gasteiger partial charge on any atom is -0.460 e. The van der Waals surface area contributed by atoms with Crippen LogP contribution in [0.3, 0.4) is 0 Å². The maximum atomic E-state index is 6.70. The van der Waals surface area contributed by atoms with Crippen LogP contribution in [0.2, 0.25) is 0 Å². The van der Waals surface area contributed by atoms with E-state index in [2.05, 4.69) is 132 Å². The molecule has 0 amide bonds. The third-order valence-corrected chi connectivity index (χ3v) is 9.29. The standard InChI is InChI=1S/C40H25N3O/c1-2-11-26-23-27(18-17-24(26)9-1)37-31-14-5-7-15-33(31)41-40(42-37)43-34-16-8-6-13-29(34)30-21-22-35-36(38(30)43)32-20-19-25-10-3-4-12-28(25)39(32)44-35/h1-20,23H,21-22H2. The van der Waals surface area contributed by atoms with Gasteiger partial charge < -0.3 is 4.42 Å². The predicted molar refractivity (Wildman–Crippen MR) is 179 cm³/mol. The third-order valence-electron chi connectivity index (χ3n) is 9.29. The van der Waals surface area contributed by atoms with E-state index in [0.717, 1.165) is 73.9 Å². The Morgan fingerprint density at radius 1 is 0.568 bits per heavy atom. The molecule has 0 radical (unpaired) electrons. The molecule has 10 rings (SSSR count). The van der Waals surface area contributed by atoms with Crippen molar-refractivity contribution in [3.63, 3.8) is 0 Å². The van der Waals surface area contributed by atoms with Crippen molar-refractivity contribution in [2.45, 2.75) is 12.8 Å². The highest BCUT2D eigenvalue weighted by Gasteiger charge is 2.31. The van der Waals surface area contributed by atoms with Crippen molar-refractivity contribution in [2.24, 2.45) is 0 Å². The fourth-order valence-electron chi connectivity index (χ4n) is 7.30. The van der Waals surface area contributed by atoms with Gasteiger partial charge in [-0.3, -0.25) is 4.57 Å². The number of para-hydroxylation sites is 2. The topological polar surface area (TPSA) is 43.9 Å². The lowest BCUT2D eigenvalue weighted by Crippen LogP contribution is -2.08. The first-order chi connectivity index (χ1) is 21.8. The van der Waals surface area contributed by atoms with Gasteiger partial charge in [-0.15, -0.1) is 0 Å². The summed E-state index contributed by atoms with van der Waals surface area (Å²) >= 11 is 0. The van der Waals surface area contributed by atoms with E-state index in [1.54, 1.807) is 0 Å². The summed E-state index contributed by atoms with van der Waals surface area (Å²) in [7, 11) is 0. The van der Waals surface area contributed by atoms with Crippen molar-refractivity contribution < 1.29 is 4.42 Å². The molecule has 0 spiro atoms. The van der Waals surface area contributed by atoms with Gasteiger partial charge >= 0.3 is 0 Å². The lowest BCUT2D eigenvalue weighted by molar-refractivity contribution is 0.548. The minimum absolute atomic E-state index is 0.673. The Labute approximate surface area is 252 Å². The summed E-state index contributed by atoms with van der Waals surface area (Å²) in [6, 6.07) is 45.0. The normalized spacial score (nSPS) is 12.8. The zero-order valence-corrected chi connectivity index (χ0v) is 23.8. The number of benzene rings is 6. The average Bonchev–Trinajstić information content (AvgIpc) is 3.64. The smallest absolute Gasteiger partial charge is 0.235 e. The molecule has 9 aromatic rings. The monoisotopic (exact) mass is 563 g/mol. The van der Waals surface area contributed by atoms with Crippen LogP contribution in [-0.4, -0.2) is 14.5 Å². The van der Waals surface area contributed by atoms with Gasteiger partial charge in [0.05, 0.1) is 22.4 Å². The van der Waals surface area contributed by atoms with Gasteiger partial charge in [0, 0.05) is 39.1 Å². The van der Waals surface area contributed by atoms with E-state index in [1.807, 2.05) is 0 Å². The SMILES string of the molecule is c1ccc2cc(-c3nc(-n4c5c(c6ccccc64)CCc4oc6c(ccc7ccccc76)c4-5)nc4ccccc34)ccc2c1. The van der Waals surface area contributed by atoms with Crippen LogP contribution in [0.25, 0.3) is 82.8 Å². The Bertz CT molecular complexity index is 2620. The molecule has 0 aliphatic heterocycles. The van der Waals surface area contributed by atoms with Crippen LogP contribution in [0.5, 0.6) is 0 Å².